The van der Waals surface area contributed by atoms with Crippen LogP contribution in [0.2, 0.25) is 0 Å². The molecule has 17 heavy (non-hydrogen) atoms. The van der Waals surface area contributed by atoms with Crippen LogP contribution >= 0.6 is 0 Å². The third-order valence-corrected chi connectivity index (χ3v) is 2.99. The van der Waals surface area contributed by atoms with Crippen LogP contribution in [-0.4, -0.2) is 12.2 Å². The van der Waals surface area contributed by atoms with Gasteiger partial charge in [0.1, 0.15) is 5.75 Å². The van der Waals surface area contributed by atoms with Gasteiger partial charge in [-0.2, -0.15) is 0 Å². The van der Waals surface area contributed by atoms with Crippen LogP contribution in [0.5, 0.6) is 5.75 Å². The molecule has 0 spiro atoms. The second-order valence-electron chi connectivity index (χ2n) is 6.15. The van der Waals surface area contributed by atoms with Crippen LogP contribution in [0.25, 0.3) is 0 Å². The van der Waals surface area contributed by atoms with E-state index < -0.39 is 5.60 Å². The Morgan fingerprint density at radius 3 is 1.94 bits per heavy atom. The minimum absolute atomic E-state index is 0.000949. The lowest BCUT2D eigenvalue weighted by Crippen LogP contribution is -2.22. The monoisotopic (exact) mass is 236 g/mol. The van der Waals surface area contributed by atoms with Crippen LogP contribution in [0, 0.1) is 6.92 Å². The highest BCUT2D eigenvalue weighted by atomic mass is 16.5. The minimum atomic E-state index is -0.892. The third-order valence-electron chi connectivity index (χ3n) is 2.99. The van der Waals surface area contributed by atoms with E-state index in [0.29, 0.717) is 0 Å². The molecule has 0 amide bonds. The smallest absolute Gasteiger partial charge is 0.128 e. The highest BCUT2D eigenvalue weighted by molar-refractivity contribution is 5.51. The van der Waals surface area contributed by atoms with Crippen LogP contribution in [0.15, 0.2) is 12.1 Å². The van der Waals surface area contributed by atoms with E-state index in [-0.39, 0.29) is 5.41 Å². The predicted molar refractivity (Wildman–Crippen MR) is 71.7 cm³/mol. The summed E-state index contributed by atoms with van der Waals surface area (Å²) in [4.78, 5) is 0. The molecule has 0 saturated carbocycles. The molecule has 0 bridgehead atoms. The molecule has 0 fully saturated rings. The van der Waals surface area contributed by atoms with E-state index in [1.807, 2.05) is 6.92 Å². The topological polar surface area (TPSA) is 29.5 Å². The Morgan fingerprint density at radius 1 is 1.06 bits per heavy atom. The van der Waals surface area contributed by atoms with Gasteiger partial charge in [-0.15, -0.1) is 0 Å². The Morgan fingerprint density at radius 2 is 1.59 bits per heavy atom. The molecule has 1 aromatic carbocycles. The summed E-state index contributed by atoms with van der Waals surface area (Å²) in [6, 6.07) is 4.14. The maximum absolute atomic E-state index is 10.3. The predicted octanol–water partition coefficient (Wildman–Crippen LogP) is 3.53. The van der Waals surface area contributed by atoms with Crippen LogP contribution in [0.3, 0.4) is 0 Å². The van der Waals surface area contributed by atoms with Gasteiger partial charge < -0.3 is 9.84 Å². The van der Waals surface area contributed by atoms with Crippen LogP contribution in [0.1, 0.15) is 51.3 Å². The number of rotatable bonds is 2. The zero-order chi connectivity index (χ0) is 13.4. The Labute approximate surface area is 105 Å². The van der Waals surface area contributed by atoms with Crippen molar-refractivity contribution in [2.45, 2.75) is 52.6 Å². The van der Waals surface area contributed by atoms with Gasteiger partial charge in [0.25, 0.3) is 0 Å². The van der Waals surface area contributed by atoms with Gasteiger partial charge in [0.2, 0.25) is 0 Å². The zero-order valence-electron chi connectivity index (χ0n) is 12.0. The van der Waals surface area contributed by atoms with Crippen molar-refractivity contribution in [2.75, 3.05) is 7.11 Å². The first-order valence-electron chi connectivity index (χ1n) is 6.00. The minimum Gasteiger partial charge on any atom is -0.496 e. The maximum Gasteiger partial charge on any atom is 0.128 e. The summed E-state index contributed by atoms with van der Waals surface area (Å²) in [6.45, 7) is 12.0. The highest BCUT2D eigenvalue weighted by Crippen LogP contribution is 2.40. The lowest BCUT2D eigenvalue weighted by atomic mass is 9.81. The molecule has 2 heteroatoms. The normalized spacial score (nSPS) is 12.7. The van der Waals surface area contributed by atoms with Crippen molar-refractivity contribution in [3.63, 3.8) is 0 Å². The van der Waals surface area contributed by atoms with Gasteiger partial charge in [0.15, 0.2) is 0 Å². The molecule has 1 aromatic rings. The molecule has 0 aliphatic rings. The standard InChI is InChI=1S/C15H24O2/c1-10-8-9-11(14(2,3)4)13(17-7)12(10)15(5,6)16/h8-9,16H,1-7H3. The first-order chi connectivity index (χ1) is 7.59. The first kappa shape index (κ1) is 14.0. The van der Waals surface area contributed by atoms with E-state index in [1.165, 1.54) is 0 Å². The molecule has 0 atom stereocenters. The molecule has 0 aliphatic heterocycles. The van der Waals surface area contributed by atoms with Crippen LogP contribution in [0.4, 0.5) is 0 Å². The molecule has 0 unspecified atom stereocenters. The molecule has 0 saturated heterocycles. The zero-order valence-corrected chi connectivity index (χ0v) is 12.0. The van der Waals surface area contributed by atoms with Gasteiger partial charge in [-0.3, -0.25) is 0 Å². The van der Waals surface area contributed by atoms with Crippen molar-refractivity contribution in [3.05, 3.63) is 28.8 Å². The summed E-state index contributed by atoms with van der Waals surface area (Å²) >= 11 is 0. The molecule has 96 valence electrons. The number of ether oxygens (including phenoxy) is 1. The van der Waals surface area contributed by atoms with Crippen molar-refractivity contribution in [2.24, 2.45) is 0 Å². The first-order valence-corrected chi connectivity index (χ1v) is 6.00. The average Bonchev–Trinajstić information content (AvgIpc) is 2.12. The maximum atomic E-state index is 10.3. The SMILES string of the molecule is COc1c(C(C)(C)C)ccc(C)c1C(C)(C)O. The Hall–Kier alpha value is -1.02. The molecule has 1 rings (SSSR count). The summed E-state index contributed by atoms with van der Waals surface area (Å²) in [6.07, 6.45) is 0. The number of aliphatic hydroxyl groups is 1. The van der Waals surface area contributed by atoms with Gasteiger partial charge in [-0.25, -0.2) is 0 Å². The largest absolute Gasteiger partial charge is 0.496 e. The molecule has 0 heterocycles. The lowest BCUT2D eigenvalue weighted by Gasteiger charge is -2.29. The van der Waals surface area contributed by atoms with Crippen LogP contribution < -0.4 is 4.74 Å². The van der Waals surface area contributed by atoms with E-state index in [1.54, 1.807) is 21.0 Å². The van der Waals surface area contributed by atoms with Gasteiger partial charge in [-0.1, -0.05) is 32.9 Å². The number of aryl methyl sites for hydroxylation is 1. The van der Waals surface area contributed by atoms with Gasteiger partial charge in [0.05, 0.1) is 12.7 Å². The van der Waals surface area contributed by atoms with Gasteiger partial charge in [-0.05, 0) is 37.3 Å². The van der Waals surface area contributed by atoms with Crippen molar-refractivity contribution in [1.82, 2.24) is 0 Å². The van der Waals surface area contributed by atoms with Crippen molar-refractivity contribution < 1.29 is 9.84 Å². The summed E-state index contributed by atoms with van der Waals surface area (Å²) in [5.74, 6) is 0.810. The number of methoxy groups -OCH3 is 1. The number of hydrogen-bond acceptors (Lipinski definition) is 2. The van der Waals surface area contributed by atoms with Crippen molar-refractivity contribution >= 4 is 0 Å². The fourth-order valence-electron chi connectivity index (χ4n) is 2.24. The van der Waals surface area contributed by atoms with Gasteiger partial charge >= 0.3 is 0 Å². The molecule has 0 radical (unpaired) electrons. The second-order valence-corrected chi connectivity index (χ2v) is 6.15. The quantitative estimate of drug-likeness (QED) is 0.851. The Bertz CT molecular complexity index is 406. The Kier molecular flexibility index (Phi) is 3.58. The van der Waals surface area contributed by atoms with E-state index in [0.717, 1.165) is 22.4 Å². The molecule has 1 N–H and O–H groups in total. The van der Waals surface area contributed by atoms with E-state index in [4.69, 9.17) is 4.74 Å². The van der Waals surface area contributed by atoms with E-state index >= 15 is 0 Å². The lowest BCUT2D eigenvalue weighted by molar-refractivity contribution is 0.0746. The molecule has 0 aliphatic carbocycles. The second kappa shape index (κ2) is 4.34. The van der Waals surface area contributed by atoms with E-state index in [9.17, 15) is 5.11 Å². The fraction of sp³-hybridized carbons (Fsp3) is 0.600. The average molecular weight is 236 g/mol. The number of hydrogen-bond donors (Lipinski definition) is 1. The molecular formula is C15H24O2. The Balaban J connectivity index is 3.60. The summed E-state index contributed by atoms with van der Waals surface area (Å²) in [5, 5.41) is 10.3. The summed E-state index contributed by atoms with van der Waals surface area (Å²) in [5.41, 5.74) is 2.17. The highest BCUT2D eigenvalue weighted by Gasteiger charge is 2.28. The van der Waals surface area contributed by atoms with Crippen LogP contribution in [-0.2, 0) is 11.0 Å². The molecule has 2 nitrogen and oxygen atoms in total. The summed E-state index contributed by atoms with van der Waals surface area (Å²) < 4.78 is 5.55. The fourth-order valence-corrected chi connectivity index (χ4v) is 2.24. The van der Waals surface area contributed by atoms with Crippen molar-refractivity contribution in [3.8, 4) is 5.75 Å². The molecule has 0 aromatic heterocycles. The van der Waals surface area contributed by atoms with Gasteiger partial charge in [0, 0.05) is 5.56 Å². The van der Waals surface area contributed by atoms with E-state index in [2.05, 4.69) is 32.9 Å². The summed E-state index contributed by atoms with van der Waals surface area (Å²) in [7, 11) is 1.67. The number of benzene rings is 1. The van der Waals surface area contributed by atoms with Crippen molar-refractivity contribution in [1.29, 1.82) is 0 Å². The third kappa shape index (κ3) is 2.81. The molecular weight excluding hydrogens is 212 g/mol.